The Bertz CT molecular complexity index is 3640. The molecule has 1 aliphatic carbocycles. The van der Waals surface area contributed by atoms with Crippen molar-refractivity contribution in [2.75, 3.05) is 0 Å². The summed E-state index contributed by atoms with van der Waals surface area (Å²) in [6, 6.07) is 64.4. The van der Waals surface area contributed by atoms with Gasteiger partial charge < -0.3 is 4.57 Å². The lowest BCUT2D eigenvalue weighted by molar-refractivity contribution is 0.955. The van der Waals surface area contributed by atoms with Crippen molar-refractivity contribution in [3.8, 4) is 33.9 Å². The van der Waals surface area contributed by atoms with E-state index >= 15 is 0 Å². The van der Waals surface area contributed by atoms with Crippen molar-refractivity contribution in [1.82, 2.24) is 19.1 Å². The molecule has 3 heterocycles. The van der Waals surface area contributed by atoms with E-state index in [1.165, 1.54) is 87.1 Å². The molecule has 0 fully saturated rings. The molecule has 0 N–H and O–H groups in total. The molecule has 3 aromatic heterocycles. The van der Waals surface area contributed by atoms with Gasteiger partial charge in [-0.15, -0.1) is 0 Å². The number of benzene rings is 9. The predicted octanol–water partition coefficient (Wildman–Crippen LogP) is 13.4. The van der Waals surface area contributed by atoms with E-state index in [1.807, 2.05) is 6.20 Å². The van der Waals surface area contributed by atoms with Crippen molar-refractivity contribution >= 4 is 75.9 Å². The van der Waals surface area contributed by atoms with E-state index in [0.29, 0.717) is 5.95 Å². The summed E-state index contributed by atoms with van der Waals surface area (Å²) in [7, 11) is 0. The molecule has 0 radical (unpaired) electrons. The number of nitrogens with zero attached hydrogens (tertiary/aromatic N) is 4. The van der Waals surface area contributed by atoms with Crippen LogP contribution in [0.1, 0.15) is 11.3 Å². The van der Waals surface area contributed by atoms with Crippen molar-refractivity contribution in [3.63, 3.8) is 0 Å². The second-order valence-corrected chi connectivity index (χ2v) is 15.4. The van der Waals surface area contributed by atoms with Gasteiger partial charge in [0.1, 0.15) is 0 Å². The maximum absolute atomic E-state index is 5.18. The third kappa shape index (κ3) is 4.32. The van der Waals surface area contributed by atoms with Crippen molar-refractivity contribution in [1.29, 1.82) is 0 Å². The van der Waals surface area contributed by atoms with Gasteiger partial charge >= 0.3 is 0 Å². The molecule has 0 unspecified atom stereocenters. The first-order valence-electron chi connectivity index (χ1n) is 19.6. The third-order valence-electron chi connectivity index (χ3n) is 12.4. The molecule has 0 spiro atoms. The van der Waals surface area contributed by atoms with Gasteiger partial charge in [-0.05, 0) is 103 Å². The Hall–Kier alpha value is -7.56. The summed E-state index contributed by atoms with van der Waals surface area (Å²) < 4.78 is 4.66. The summed E-state index contributed by atoms with van der Waals surface area (Å²) in [5.41, 5.74) is 12.9. The summed E-state index contributed by atoms with van der Waals surface area (Å²) in [6.45, 7) is 0. The highest BCUT2D eigenvalue weighted by Crippen LogP contribution is 2.41. The standard InChI is InChI=1S/C53H32N4/c1-2-12-36-34(11-1)29-48-47(36)31-54-53(55-48)57-50-20-10-8-18-43(50)46-28-33(22-26-52(46)57)32-21-25-51-45(27-32)42-17-7-9-19-49(42)56(51)35-23-24-41-39-15-4-3-13-37(39)38-14-5-6-16-40(38)44(41)30-35/h1-28,30-31H,29H2. The van der Waals surface area contributed by atoms with E-state index < -0.39 is 0 Å². The summed E-state index contributed by atoms with van der Waals surface area (Å²) >= 11 is 0. The quantitative estimate of drug-likeness (QED) is 0.170. The highest BCUT2D eigenvalue weighted by Gasteiger charge is 2.23. The highest BCUT2D eigenvalue weighted by atomic mass is 15.2. The number of aromatic nitrogens is 4. The van der Waals surface area contributed by atoms with Crippen LogP contribution in [0, 0.1) is 0 Å². The summed E-state index contributed by atoms with van der Waals surface area (Å²) in [6.07, 6.45) is 2.84. The van der Waals surface area contributed by atoms with Gasteiger partial charge in [-0.3, -0.25) is 4.57 Å². The molecule has 0 amide bonds. The lowest BCUT2D eigenvalue weighted by Gasteiger charge is -2.14. The fourth-order valence-electron chi connectivity index (χ4n) is 9.83. The van der Waals surface area contributed by atoms with E-state index in [-0.39, 0.29) is 0 Å². The van der Waals surface area contributed by atoms with Crippen LogP contribution in [0.15, 0.2) is 182 Å². The molecule has 0 atom stereocenters. The zero-order chi connectivity index (χ0) is 37.2. The van der Waals surface area contributed by atoms with Crippen LogP contribution < -0.4 is 0 Å². The minimum atomic E-state index is 0.713. The van der Waals surface area contributed by atoms with Crippen LogP contribution in [0.2, 0.25) is 0 Å². The van der Waals surface area contributed by atoms with Gasteiger partial charge in [0.2, 0.25) is 5.95 Å². The van der Waals surface area contributed by atoms with Gasteiger partial charge in [-0.25, -0.2) is 9.97 Å². The van der Waals surface area contributed by atoms with E-state index in [4.69, 9.17) is 9.97 Å². The first kappa shape index (κ1) is 30.7. The van der Waals surface area contributed by atoms with Gasteiger partial charge in [0.25, 0.3) is 0 Å². The van der Waals surface area contributed by atoms with Crippen molar-refractivity contribution < 1.29 is 0 Å². The lowest BCUT2D eigenvalue weighted by Crippen LogP contribution is -2.03. The van der Waals surface area contributed by atoms with Crippen LogP contribution in [0.4, 0.5) is 0 Å². The minimum Gasteiger partial charge on any atom is -0.309 e. The highest BCUT2D eigenvalue weighted by molar-refractivity contribution is 6.25. The molecule has 264 valence electrons. The van der Waals surface area contributed by atoms with Crippen molar-refractivity contribution in [3.05, 3.63) is 193 Å². The number of rotatable bonds is 3. The zero-order valence-corrected chi connectivity index (χ0v) is 30.8. The molecule has 12 aromatic rings. The van der Waals surface area contributed by atoms with Gasteiger partial charge in [-0.2, -0.15) is 0 Å². The van der Waals surface area contributed by atoms with Gasteiger partial charge in [-0.1, -0.05) is 127 Å². The average Bonchev–Trinajstić information content (AvgIpc) is 3.93. The molecule has 13 rings (SSSR count). The Labute approximate surface area is 327 Å². The topological polar surface area (TPSA) is 35.6 Å². The molecule has 4 heteroatoms. The maximum atomic E-state index is 5.18. The molecule has 9 aromatic carbocycles. The van der Waals surface area contributed by atoms with Gasteiger partial charge in [0.15, 0.2) is 0 Å². The Morgan fingerprint density at radius 2 is 0.877 bits per heavy atom. The number of para-hydroxylation sites is 2. The van der Waals surface area contributed by atoms with Crippen LogP contribution in [0.3, 0.4) is 0 Å². The number of fused-ring (bicyclic) bond motifs is 15. The predicted molar refractivity (Wildman–Crippen MR) is 237 cm³/mol. The van der Waals surface area contributed by atoms with Crippen molar-refractivity contribution in [2.45, 2.75) is 6.42 Å². The molecule has 57 heavy (non-hydrogen) atoms. The molecular formula is C53H32N4. The van der Waals surface area contributed by atoms with Crippen LogP contribution in [-0.4, -0.2) is 19.1 Å². The van der Waals surface area contributed by atoms with E-state index in [1.54, 1.807) is 0 Å². The second kappa shape index (κ2) is 11.5. The van der Waals surface area contributed by atoms with Crippen LogP contribution in [0.5, 0.6) is 0 Å². The fraction of sp³-hybridized carbons (Fsp3) is 0.0189. The molecule has 1 aliphatic rings. The van der Waals surface area contributed by atoms with E-state index in [9.17, 15) is 0 Å². The number of hydrogen-bond acceptors (Lipinski definition) is 2. The lowest BCUT2D eigenvalue weighted by atomic mass is 9.94. The molecule has 0 aliphatic heterocycles. The Kier molecular flexibility index (Phi) is 6.19. The number of hydrogen-bond donors (Lipinski definition) is 0. The molecule has 0 saturated carbocycles. The first-order valence-corrected chi connectivity index (χ1v) is 19.6. The zero-order valence-electron chi connectivity index (χ0n) is 30.8. The van der Waals surface area contributed by atoms with Gasteiger partial charge in [0, 0.05) is 45.4 Å². The smallest absolute Gasteiger partial charge is 0.234 e. The SMILES string of the molecule is c1ccc2c(c1)Cc1nc(-n3c4ccccc4c4cc(-c5ccc6c(c5)c5ccccc5n6-c5ccc6c7ccccc7c7ccccc7c6c5)ccc43)ncc1-2. The third-order valence-corrected chi connectivity index (χ3v) is 12.4. The monoisotopic (exact) mass is 724 g/mol. The summed E-state index contributed by atoms with van der Waals surface area (Å²) in [4.78, 5) is 10.1. The molecule has 0 saturated heterocycles. The van der Waals surface area contributed by atoms with Crippen LogP contribution in [-0.2, 0) is 6.42 Å². The first-order chi connectivity index (χ1) is 28.3. The molecule has 0 bridgehead atoms. The van der Waals surface area contributed by atoms with E-state index in [0.717, 1.165) is 34.4 Å². The Balaban J connectivity index is 0.970. The van der Waals surface area contributed by atoms with E-state index in [2.05, 4.69) is 185 Å². The minimum absolute atomic E-state index is 0.713. The second-order valence-electron chi connectivity index (χ2n) is 15.4. The Morgan fingerprint density at radius 1 is 0.368 bits per heavy atom. The fourth-order valence-corrected chi connectivity index (χ4v) is 9.83. The normalized spacial score (nSPS) is 12.5. The largest absolute Gasteiger partial charge is 0.309 e. The summed E-state index contributed by atoms with van der Waals surface area (Å²) in [5.74, 6) is 0.713. The average molecular weight is 725 g/mol. The molecular weight excluding hydrogens is 693 g/mol. The summed E-state index contributed by atoms with van der Waals surface area (Å²) in [5, 5.41) is 12.6. The van der Waals surface area contributed by atoms with Crippen LogP contribution >= 0.6 is 0 Å². The maximum Gasteiger partial charge on any atom is 0.234 e. The molecule has 4 nitrogen and oxygen atoms in total. The van der Waals surface area contributed by atoms with Gasteiger partial charge in [0.05, 0.1) is 27.8 Å². The Morgan fingerprint density at radius 3 is 1.54 bits per heavy atom. The van der Waals surface area contributed by atoms with Crippen LogP contribution in [0.25, 0.3) is 110 Å². The van der Waals surface area contributed by atoms with Crippen molar-refractivity contribution in [2.24, 2.45) is 0 Å².